The molecular formula is C39H30N4O4. The highest BCUT2D eigenvalue weighted by atomic mass is 16.5. The van der Waals surface area contributed by atoms with Gasteiger partial charge in [-0.1, -0.05) is 103 Å². The standard InChI is InChI=1S/C39H30N4O4/c1-3-47-37(45)32-34(26-17-9-5-10-18-26)42(23-25-15-7-4-8-16-25)38(46)39(32)30-24(2)41-43(27-19-11-6-12-20-27)36(30)40-33-28-21-13-14-22-29(28)35(44)31(33)39/h4-22,40H,3,23H2,1-2H3. The first-order valence-corrected chi connectivity index (χ1v) is 15.6. The zero-order chi connectivity index (χ0) is 32.3. The lowest BCUT2D eigenvalue weighted by Gasteiger charge is -2.36. The molecule has 0 saturated heterocycles. The van der Waals surface area contributed by atoms with Crippen molar-refractivity contribution >= 4 is 34.9 Å². The first kappa shape index (κ1) is 28.5. The predicted octanol–water partition coefficient (Wildman–Crippen LogP) is 6.47. The van der Waals surface area contributed by atoms with E-state index in [1.165, 1.54) is 0 Å². The van der Waals surface area contributed by atoms with Gasteiger partial charge in [-0.15, -0.1) is 0 Å². The molecule has 230 valence electrons. The lowest BCUT2D eigenvalue weighted by Crippen LogP contribution is -2.47. The largest absolute Gasteiger partial charge is 0.463 e. The highest BCUT2D eigenvalue weighted by Crippen LogP contribution is 2.60. The molecule has 8 heteroatoms. The molecule has 1 N–H and O–H groups in total. The average molecular weight is 619 g/mol. The zero-order valence-corrected chi connectivity index (χ0v) is 25.9. The van der Waals surface area contributed by atoms with Crippen LogP contribution in [0.4, 0.5) is 5.82 Å². The van der Waals surface area contributed by atoms with Gasteiger partial charge in [-0.3, -0.25) is 9.59 Å². The van der Waals surface area contributed by atoms with E-state index in [1.807, 2.05) is 116 Å². The Kier molecular flexibility index (Phi) is 6.54. The van der Waals surface area contributed by atoms with E-state index in [-0.39, 0.29) is 30.1 Å². The molecule has 3 heterocycles. The molecule has 0 fully saturated rings. The van der Waals surface area contributed by atoms with Gasteiger partial charge in [0, 0.05) is 22.3 Å². The summed E-state index contributed by atoms with van der Waals surface area (Å²) in [5, 5.41) is 8.47. The van der Waals surface area contributed by atoms with Gasteiger partial charge in [0.1, 0.15) is 11.2 Å². The third kappa shape index (κ3) is 4.01. The second kappa shape index (κ2) is 10.8. The van der Waals surface area contributed by atoms with E-state index in [9.17, 15) is 9.59 Å². The van der Waals surface area contributed by atoms with Crippen molar-refractivity contribution in [2.75, 3.05) is 11.9 Å². The lowest BCUT2D eigenvalue weighted by molar-refractivity contribution is -0.140. The second-order valence-corrected chi connectivity index (χ2v) is 11.7. The molecule has 1 aromatic heterocycles. The Morgan fingerprint density at radius 3 is 2.13 bits per heavy atom. The number of carbonyl (C=O) groups is 3. The number of aromatic nitrogens is 2. The number of esters is 1. The summed E-state index contributed by atoms with van der Waals surface area (Å²) in [5.74, 6) is -0.869. The molecule has 5 aromatic rings. The SMILES string of the molecule is CCOC(=O)C1=C(c2ccccc2)N(Cc2ccccc2)C(=O)C12C1=C(Nc3c2c(C)nn3-c2ccccc2)c2ccccc2C1=O. The topological polar surface area (TPSA) is 93.5 Å². The number of nitrogens with one attached hydrogen (secondary N) is 1. The number of para-hydroxylation sites is 1. The van der Waals surface area contributed by atoms with Crippen LogP contribution in [0.2, 0.25) is 0 Å². The van der Waals surface area contributed by atoms with Crippen LogP contribution in [0.25, 0.3) is 17.1 Å². The molecule has 8 nitrogen and oxygen atoms in total. The maximum atomic E-state index is 15.7. The summed E-state index contributed by atoms with van der Waals surface area (Å²) >= 11 is 0. The van der Waals surface area contributed by atoms with Crippen LogP contribution in [0.15, 0.2) is 126 Å². The molecule has 0 radical (unpaired) electrons. The summed E-state index contributed by atoms with van der Waals surface area (Å²) in [5.41, 5.74) is 3.75. The van der Waals surface area contributed by atoms with E-state index in [0.717, 1.165) is 11.3 Å². The first-order chi connectivity index (χ1) is 23.0. The van der Waals surface area contributed by atoms with Gasteiger partial charge in [0.25, 0.3) is 0 Å². The molecule has 3 aliphatic rings. The Bertz CT molecular complexity index is 2170. The first-order valence-electron chi connectivity index (χ1n) is 15.6. The molecule has 1 spiro atoms. The minimum Gasteiger partial charge on any atom is -0.463 e. The van der Waals surface area contributed by atoms with Gasteiger partial charge >= 0.3 is 5.97 Å². The number of hydrogen-bond acceptors (Lipinski definition) is 6. The molecule has 1 unspecified atom stereocenters. The normalized spacial score (nSPS) is 18.0. The van der Waals surface area contributed by atoms with Crippen LogP contribution in [0.1, 0.15) is 45.2 Å². The summed E-state index contributed by atoms with van der Waals surface area (Å²) in [6.45, 7) is 3.81. The zero-order valence-electron chi connectivity index (χ0n) is 25.9. The van der Waals surface area contributed by atoms with Crippen LogP contribution in [-0.4, -0.2) is 38.9 Å². The maximum Gasteiger partial charge on any atom is 0.337 e. The van der Waals surface area contributed by atoms with E-state index in [2.05, 4.69) is 5.32 Å². The van der Waals surface area contributed by atoms with Crippen molar-refractivity contribution in [3.63, 3.8) is 0 Å². The van der Waals surface area contributed by atoms with Gasteiger partial charge in [0.15, 0.2) is 5.78 Å². The molecule has 1 aliphatic carbocycles. The second-order valence-electron chi connectivity index (χ2n) is 11.7. The smallest absolute Gasteiger partial charge is 0.337 e. The van der Waals surface area contributed by atoms with Crippen LogP contribution in [0.3, 0.4) is 0 Å². The fourth-order valence-electron chi connectivity index (χ4n) is 7.31. The molecule has 47 heavy (non-hydrogen) atoms. The minimum absolute atomic E-state index is 0.0841. The summed E-state index contributed by atoms with van der Waals surface area (Å²) < 4.78 is 7.55. The van der Waals surface area contributed by atoms with Crippen molar-refractivity contribution in [1.82, 2.24) is 14.7 Å². The number of ketones is 1. The summed E-state index contributed by atoms with van der Waals surface area (Å²) in [6, 6.07) is 35.9. The fraction of sp³-hybridized carbons (Fsp3) is 0.128. The highest BCUT2D eigenvalue weighted by molar-refractivity contribution is 6.32. The molecule has 0 bridgehead atoms. The minimum atomic E-state index is -1.85. The number of aryl methyl sites for hydroxylation is 1. The predicted molar refractivity (Wildman–Crippen MR) is 178 cm³/mol. The third-order valence-electron chi connectivity index (χ3n) is 9.13. The van der Waals surface area contributed by atoms with Crippen molar-refractivity contribution < 1.29 is 19.1 Å². The van der Waals surface area contributed by atoms with Crippen molar-refractivity contribution in [2.45, 2.75) is 25.8 Å². The lowest BCUT2D eigenvalue weighted by atomic mass is 9.65. The van der Waals surface area contributed by atoms with Crippen LogP contribution >= 0.6 is 0 Å². The van der Waals surface area contributed by atoms with Crippen LogP contribution < -0.4 is 5.32 Å². The van der Waals surface area contributed by atoms with Gasteiger partial charge < -0.3 is 15.0 Å². The highest BCUT2D eigenvalue weighted by Gasteiger charge is 2.66. The van der Waals surface area contributed by atoms with Gasteiger partial charge in [0.05, 0.1) is 41.5 Å². The summed E-state index contributed by atoms with van der Waals surface area (Å²) in [6.07, 6.45) is 0. The molecule has 1 atom stereocenters. The molecule has 4 aromatic carbocycles. The Balaban J connectivity index is 1.52. The van der Waals surface area contributed by atoms with Crippen LogP contribution in [0, 0.1) is 6.92 Å². The van der Waals surface area contributed by atoms with E-state index in [4.69, 9.17) is 9.84 Å². The Labute approximate surface area is 271 Å². The third-order valence-corrected chi connectivity index (χ3v) is 9.13. The number of anilines is 1. The number of nitrogens with zero attached hydrogens (tertiary/aromatic N) is 3. The molecular weight excluding hydrogens is 588 g/mol. The van der Waals surface area contributed by atoms with E-state index < -0.39 is 17.3 Å². The van der Waals surface area contributed by atoms with Crippen LogP contribution in [-0.2, 0) is 26.3 Å². The van der Waals surface area contributed by atoms with E-state index in [0.29, 0.717) is 45.2 Å². The van der Waals surface area contributed by atoms with Crippen LogP contribution in [0.5, 0.6) is 0 Å². The quantitative estimate of drug-likeness (QED) is 0.219. The summed E-state index contributed by atoms with van der Waals surface area (Å²) in [7, 11) is 0. The molecule has 0 saturated carbocycles. The van der Waals surface area contributed by atoms with Crippen molar-refractivity contribution in [1.29, 1.82) is 0 Å². The van der Waals surface area contributed by atoms with Crippen molar-refractivity contribution in [2.24, 2.45) is 0 Å². The van der Waals surface area contributed by atoms with Gasteiger partial charge in [0.2, 0.25) is 5.91 Å². The molecule has 2 aliphatic heterocycles. The Morgan fingerprint density at radius 1 is 0.830 bits per heavy atom. The Morgan fingerprint density at radius 2 is 1.45 bits per heavy atom. The van der Waals surface area contributed by atoms with Gasteiger partial charge in [-0.25, -0.2) is 9.48 Å². The Hall–Kier alpha value is -6.02. The van der Waals surface area contributed by atoms with Crippen molar-refractivity contribution in [3.05, 3.63) is 160 Å². The number of ether oxygens (including phenoxy) is 1. The number of hydrogen-bond donors (Lipinski definition) is 1. The number of rotatable bonds is 6. The van der Waals surface area contributed by atoms with Gasteiger partial charge in [-0.2, -0.15) is 5.10 Å². The number of amides is 1. The summed E-state index contributed by atoms with van der Waals surface area (Å²) in [4.78, 5) is 46.6. The molecule has 8 rings (SSSR count). The van der Waals surface area contributed by atoms with Gasteiger partial charge in [-0.05, 0) is 37.1 Å². The van der Waals surface area contributed by atoms with E-state index >= 15 is 4.79 Å². The average Bonchev–Trinajstić information content (AvgIpc) is 3.68. The van der Waals surface area contributed by atoms with Crippen molar-refractivity contribution in [3.8, 4) is 5.69 Å². The fourth-order valence-corrected chi connectivity index (χ4v) is 7.31. The number of carbonyl (C=O) groups excluding carboxylic acids is 3. The number of Topliss-reactive ketones (excluding diaryl/α,β-unsaturated/α-hetero) is 1. The monoisotopic (exact) mass is 618 g/mol. The number of fused-ring (bicyclic) bond motifs is 5. The molecule has 1 amide bonds. The number of benzene rings is 4. The van der Waals surface area contributed by atoms with E-state index in [1.54, 1.807) is 22.6 Å². The maximum absolute atomic E-state index is 15.7.